The maximum Gasteiger partial charge on any atom is 0.328 e. The van der Waals surface area contributed by atoms with Crippen LogP contribution in [-0.2, 0) is 37.0 Å². The van der Waals surface area contributed by atoms with Gasteiger partial charge in [0, 0.05) is 54.0 Å². The fraction of sp³-hybridized carbons (Fsp3) is 0.136. The molecule has 0 aliphatic carbocycles. The minimum Gasteiger partial charge on any atom is -0.478 e. The number of nitrogens with one attached hydrogen (secondary N) is 1. The van der Waals surface area contributed by atoms with Gasteiger partial charge in [-0.15, -0.1) is 0 Å². The Morgan fingerprint density at radius 2 is 1.76 bits per heavy atom. The fourth-order valence-corrected chi connectivity index (χ4v) is 4.99. The van der Waals surface area contributed by atoms with E-state index < -0.39 is 32.8 Å². The number of pyridine rings is 1. The molecular weight excluding hydrogens is 482 g/mol. The highest BCUT2D eigenvalue weighted by molar-refractivity contribution is 7.90. The van der Waals surface area contributed by atoms with Gasteiger partial charge >= 0.3 is 11.9 Å². The first-order chi connectivity index (χ1) is 16.1. The van der Waals surface area contributed by atoms with Gasteiger partial charge in [0.15, 0.2) is 0 Å². The molecule has 3 aromatic rings. The normalized spacial score (nSPS) is 12.1. The molecule has 0 aliphatic heterocycles. The molecule has 0 bridgehead atoms. The van der Waals surface area contributed by atoms with E-state index in [1.54, 1.807) is 55.9 Å². The van der Waals surface area contributed by atoms with E-state index in [2.05, 4.69) is 10.3 Å². The SMILES string of the molecule is CNCc1cc(-c2ccccc2S(C)=O)n(S(=O)(=O)c2cccnc2)c1.O=C(O)C=CC(=O)O. The minimum atomic E-state index is -3.83. The van der Waals surface area contributed by atoms with Crippen molar-refractivity contribution in [2.75, 3.05) is 13.3 Å². The lowest BCUT2D eigenvalue weighted by Gasteiger charge is -2.12. The molecule has 0 amide bonds. The van der Waals surface area contributed by atoms with Crippen molar-refractivity contribution in [3.8, 4) is 11.3 Å². The summed E-state index contributed by atoms with van der Waals surface area (Å²) in [6.07, 6.45) is 7.13. The van der Waals surface area contributed by atoms with Gasteiger partial charge < -0.3 is 15.5 Å². The van der Waals surface area contributed by atoms with Gasteiger partial charge in [-0.2, -0.15) is 0 Å². The van der Waals surface area contributed by atoms with E-state index in [1.807, 2.05) is 0 Å². The monoisotopic (exact) mass is 505 g/mol. The average Bonchev–Trinajstić information content (AvgIpc) is 3.23. The Kier molecular flexibility index (Phi) is 9.42. The summed E-state index contributed by atoms with van der Waals surface area (Å²) in [7, 11) is -3.29. The highest BCUT2D eigenvalue weighted by Gasteiger charge is 2.23. The van der Waals surface area contributed by atoms with Crippen LogP contribution in [0.1, 0.15) is 5.56 Å². The van der Waals surface area contributed by atoms with Crippen LogP contribution in [0.2, 0.25) is 0 Å². The van der Waals surface area contributed by atoms with Crippen molar-refractivity contribution in [2.45, 2.75) is 16.3 Å². The molecule has 2 heterocycles. The lowest BCUT2D eigenvalue weighted by molar-refractivity contribution is -0.134. The maximum absolute atomic E-state index is 13.2. The molecule has 12 heteroatoms. The summed E-state index contributed by atoms with van der Waals surface area (Å²) < 4.78 is 39.7. The molecule has 1 unspecified atom stereocenters. The van der Waals surface area contributed by atoms with Crippen LogP contribution in [-0.4, -0.2) is 57.0 Å². The third-order valence-corrected chi connectivity index (χ3v) is 6.89. The molecule has 180 valence electrons. The van der Waals surface area contributed by atoms with E-state index in [4.69, 9.17) is 10.2 Å². The smallest absolute Gasteiger partial charge is 0.328 e. The quantitative estimate of drug-likeness (QED) is 0.389. The minimum absolute atomic E-state index is 0.1000. The highest BCUT2D eigenvalue weighted by Crippen LogP contribution is 2.30. The summed E-state index contributed by atoms with van der Waals surface area (Å²) >= 11 is 0. The lowest BCUT2D eigenvalue weighted by atomic mass is 10.1. The van der Waals surface area contributed by atoms with Crippen molar-refractivity contribution >= 4 is 32.8 Å². The Labute approximate surface area is 199 Å². The van der Waals surface area contributed by atoms with Crippen LogP contribution in [0.3, 0.4) is 0 Å². The summed E-state index contributed by atoms with van der Waals surface area (Å²) in [6.45, 7) is 0.514. The van der Waals surface area contributed by atoms with Crippen LogP contribution in [0.5, 0.6) is 0 Å². The standard InChI is InChI=1S/C18H19N3O3S2.C4H4O4/c1-19-11-14-10-17(16-7-3-4-8-18(16)25(2)22)21(13-14)26(23,24)15-6-5-9-20-12-15;5-3(6)1-2-4(7)8/h3-10,12-13,19H,11H2,1-2H3;1-2H,(H,5,6)(H,7,8). The molecule has 10 nitrogen and oxygen atoms in total. The third kappa shape index (κ3) is 6.94. The number of carboxylic acid groups (broad SMARTS) is 2. The number of carbonyl (C=O) groups is 2. The Bertz CT molecular complexity index is 1300. The van der Waals surface area contributed by atoms with Crippen molar-refractivity contribution in [1.29, 1.82) is 0 Å². The number of rotatable bonds is 8. The Balaban J connectivity index is 0.000000440. The van der Waals surface area contributed by atoms with E-state index in [-0.39, 0.29) is 4.90 Å². The molecule has 3 N–H and O–H groups in total. The number of aromatic nitrogens is 2. The third-order valence-electron chi connectivity index (χ3n) is 4.26. The zero-order valence-corrected chi connectivity index (χ0v) is 19.9. The van der Waals surface area contributed by atoms with Crippen LogP contribution in [0.4, 0.5) is 0 Å². The van der Waals surface area contributed by atoms with Gasteiger partial charge in [0.1, 0.15) is 4.90 Å². The molecule has 0 spiro atoms. The molecule has 34 heavy (non-hydrogen) atoms. The summed E-state index contributed by atoms with van der Waals surface area (Å²) in [4.78, 5) is 23.7. The number of aliphatic carboxylic acids is 2. The van der Waals surface area contributed by atoms with E-state index in [1.165, 1.54) is 22.4 Å². The average molecular weight is 506 g/mol. The Morgan fingerprint density at radius 3 is 2.29 bits per heavy atom. The molecule has 2 aromatic heterocycles. The first kappa shape index (κ1) is 26.6. The van der Waals surface area contributed by atoms with Crippen molar-refractivity contribution < 1.29 is 32.4 Å². The molecular formula is C22H23N3O7S2. The number of carboxylic acids is 2. The second-order valence-corrected chi connectivity index (χ2v) is 9.88. The van der Waals surface area contributed by atoms with Crippen molar-refractivity contribution in [3.05, 3.63) is 78.8 Å². The van der Waals surface area contributed by atoms with E-state index in [0.29, 0.717) is 34.8 Å². The summed E-state index contributed by atoms with van der Waals surface area (Å²) in [6, 6.07) is 12.0. The van der Waals surface area contributed by atoms with Crippen molar-refractivity contribution in [3.63, 3.8) is 0 Å². The number of hydrogen-bond donors (Lipinski definition) is 3. The van der Waals surface area contributed by atoms with Gasteiger partial charge in [0.25, 0.3) is 10.0 Å². The predicted octanol–water partition coefficient (Wildman–Crippen LogP) is 1.96. The zero-order valence-electron chi connectivity index (χ0n) is 18.3. The van der Waals surface area contributed by atoms with Gasteiger partial charge in [-0.1, -0.05) is 18.2 Å². The van der Waals surface area contributed by atoms with E-state index in [9.17, 15) is 22.2 Å². The summed E-state index contributed by atoms with van der Waals surface area (Å²) in [5, 5.41) is 18.6. The number of nitrogens with zero attached hydrogens (tertiary/aromatic N) is 2. The second kappa shape index (κ2) is 12.0. The molecule has 0 aliphatic rings. The van der Waals surface area contributed by atoms with E-state index in [0.717, 1.165) is 5.56 Å². The van der Waals surface area contributed by atoms with E-state index >= 15 is 0 Å². The topological polar surface area (TPSA) is 156 Å². The summed E-state index contributed by atoms with van der Waals surface area (Å²) in [5.41, 5.74) is 1.92. The number of hydrogen-bond acceptors (Lipinski definition) is 7. The van der Waals surface area contributed by atoms with Crippen LogP contribution in [0.15, 0.2) is 83.0 Å². The largest absolute Gasteiger partial charge is 0.478 e. The van der Waals surface area contributed by atoms with Crippen LogP contribution >= 0.6 is 0 Å². The molecule has 1 atom stereocenters. The summed E-state index contributed by atoms with van der Waals surface area (Å²) in [5.74, 6) is -2.51. The Hall–Kier alpha value is -3.61. The van der Waals surface area contributed by atoms with Crippen molar-refractivity contribution in [1.82, 2.24) is 14.3 Å². The van der Waals surface area contributed by atoms with Gasteiger partial charge in [-0.05, 0) is 36.9 Å². The molecule has 0 saturated heterocycles. The molecule has 0 saturated carbocycles. The van der Waals surface area contributed by atoms with Crippen LogP contribution < -0.4 is 5.32 Å². The Morgan fingerprint density at radius 1 is 1.12 bits per heavy atom. The maximum atomic E-state index is 13.2. The van der Waals surface area contributed by atoms with Gasteiger partial charge in [0.2, 0.25) is 0 Å². The van der Waals surface area contributed by atoms with Crippen LogP contribution in [0.25, 0.3) is 11.3 Å². The molecule has 0 fully saturated rings. The van der Waals surface area contributed by atoms with Gasteiger partial charge in [-0.3, -0.25) is 9.19 Å². The lowest BCUT2D eigenvalue weighted by Crippen LogP contribution is -2.14. The fourth-order valence-electron chi connectivity index (χ4n) is 2.88. The molecule has 3 rings (SSSR count). The zero-order chi connectivity index (χ0) is 25.3. The van der Waals surface area contributed by atoms with Crippen LogP contribution in [0, 0.1) is 0 Å². The molecule has 1 aromatic carbocycles. The first-order valence-corrected chi connectivity index (χ1v) is 12.7. The first-order valence-electron chi connectivity index (χ1n) is 9.66. The number of benzene rings is 1. The second-order valence-electron chi connectivity index (χ2n) is 6.71. The van der Waals surface area contributed by atoms with Crippen molar-refractivity contribution in [2.24, 2.45) is 0 Å². The highest BCUT2D eigenvalue weighted by atomic mass is 32.2. The van der Waals surface area contributed by atoms with Gasteiger partial charge in [0.05, 0.1) is 16.5 Å². The van der Waals surface area contributed by atoms with Gasteiger partial charge in [-0.25, -0.2) is 22.0 Å². The molecule has 0 radical (unpaired) electrons. The predicted molar refractivity (Wildman–Crippen MR) is 126 cm³/mol.